The molecule has 0 aliphatic rings. The van der Waals surface area contributed by atoms with Gasteiger partial charge in [-0.25, -0.2) is 4.98 Å². The normalized spacial score (nSPS) is 10.5. The molecule has 0 spiro atoms. The Hall–Kier alpha value is -2.11. The van der Waals surface area contributed by atoms with E-state index in [-0.39, 0.29) is 5.56 Å². The van der Waals surface area contributed by atoms with Crippen molar-refractivity contribution < 1.29 is 0 Å². The van der Waals surface area contributed by atoms with Crippen LogP contribution < -0.4 is 10.9 Å². The Balaban J connectivity index is 2.33. The number of nitrogens with zero attached hydrogens (tertiary/aromatic N) is 3. The van der Waals surface area contributed by atoms with E-state index >= 15 is 0 Å². The number of hydrogen-bond donors (Lipinski definition) is 2. The number of H-pyrrole nitrogens is 1. The highest BCUT2D eigenvalue weighted by molar-refractivity contribution is 5.57. The number of rotatable bonds is 3. The van der Waals surface area contributed by atoms with Crippen LogP contribution in [0.1, 0.15) is 18.4 Å². The van der Waals surface area contributed by atoms with Gasteiger partial charge < -0.3 is 10.3 Å². The first kappa shape index (κ1) is 11.4. The SMILES string of the molecule is CCc1nn(C)cc1Nc1cc(=O)[nH]c(C)n1. The molecule has 0 amide bonds. The fourth-order valence-electron chi connectivity index (χ4n) is 1.68. The molecule has 0 unspecified atom stereocenters. The van der Waals surface area contributed by atoms with Gasteiger partial charge >= 0.3 is 0 Å². The van der Waals surface area contributed by atoms with Crippen LogP contribution in [0.4, 0.5) is 11.5 Å². The van der Waals surface area contributed by atoms with Crippen molar-refractivity contribution in [2.75, 3.05) is 5.32 Å². The van der Waals surface area contributed by atoms with Gasteiger partial charge in [0, 0.05) is 19.3 Å². The predicted octanol–water partition coefficient (Wildman–Crippen LogP) is 1.12. The van der Waals surface area contributed by atoms with Crippen LogP contribution in [0.2, 0.25) is 0 Å². The standard InChI is InChI=1S/C11H15N5O/c1-4-8-9(6-16(3)15-8)14-10-5-11(17)13-7(2)12-10/h5-6H,4H2,1-3H3,(H2,12,13,14,17). The number of aryl methyl sites for hydroxylation is 3. The van der Waals surface area contributed by atoms with Gasteiger partial charge in [-0.2, -0.15) is 5.10 Å². The molecule has 2 rings (SSSR count). The van der Waals surface area contributed by atoms with E-state index in [1.165, 1.54) is 6.07 Å². The van der Waals surface area contributed by atoms with Crippen molar-refractivity contribution in [2.24, 2.45) is 7.05 Å². The fraction of sp³-hybridized carbons (Fsp3) is 0.364. The Morgan fingerprint density at radius 3 is 2.94 bits per heavy atom. The third-order valence-electron chi connectivity index (χ3n) is 2.36. The van der Waals surface area contributed by atoms with Gasteiger partial charge in [0.05, 0.1) is 11.4 Å². The van der Waals surface area contributed by atoms with Crippen molar-refractivity contribution in [3.63, 3.8) is 0 Å². The topological polar surface area (TPSA) is 75.6 Å². The molecule has 6 nitrogen and oxygen atoms in total. The van der Waals surface area contributed by atoms with E-state index in [4.69, 9.17) is 0 Å². The minimum atomic E-state index is -0.165. The Bertz CT molecular complexity index is 584. The number of aromatic amines is 1. The summed E-state index contributed by atoms with van der Waals surface area (Å²) in [6.45, 7) is 3.78. The molecule has 0 aromatic carbocycles. The van der Waals surface area contributed by atoms with Crippen LogP contribution in [0.3, 0.4) is 0 Å². The highest BCUT2D eigenvalue weighted by Gasteiger charge is 2.07. The average molecular weight is 233 g/mol. The Labute approximate surface area is 98.7 Å². The minimum Gasteiger partial charge on any atom is -0.337 e. The maximum Gasteiger partial charge on any atom is 0.252 e. The van der Waals surface area contributed by atoms with Crippen molar-refractivity contribution in [2.45, 2.75) is 20.3 Å². The zero-order valence-corrected chi connectivity index (χ0v) is 10.1. The summed E-state index contributed by atoms with van der Waals surface area (Å²) in [5.74, 6) is 1.12. The predicted molar refractivity (Wildman–Crippen MR) is 65.5 cm³/mol. The molecule has 0 saturated heterocycles. The number of nitrogens with one attached hydrogen (secondary N) is 2. The second-order valence-corrected chi connectivity index (χ2v) is 3.86. The molecule has 0 aliphatic carbocycles. The van der Waals surface area contributed by atoms with Crippen molar-refractivity contribution in [1.29, 1.82) is 0 Å². The number of aromatic nitrogens is 4. The number of anilines is 2. The molecule has 2 N–H and O–H groups in total. The molecular formula is C11H15N5O. The van der Waals surface area contributed by atoms with Crippen LogP contribution in [0.25, 0.3) is 0 Å². The first-order valence-electron chi connectivity index (χ1n) is 5.46. The van der Waals surface area contributed by atoms with E-state index in [9.17, 15) is 4.79 Å². The second kappa shape index (κ2) is 4.40. The summed E-state index contributed by atoms with van der Waals surface area (Å²) in [6, 6.07) is 1.43. The zero-order valence-electron chi connectivity index (χ0n) is 10.1. The number of hydrogen-bond acceptors (Lipinski definition) is 4. The van der Waals surface area contributed by atoms with E-state index in [1.807, 2.05) is 20.2 Å². The molecule has 0 bridgehead atoms. The van der Waals surface area contributed by atoms with Crippen molar-refractivity contribution in [3.8, 4) is 0 Å². The summed E-state index contributed by atoms with van der Waals surface area (Å²) in [4.78, 5) is 18.1. The van der Waals surface area contributed by atoms with Gasteiger partial charge in [0.1, 0.15) is 11.6 Å². The molecular weight excluding hydrogens is 218 g/mol. The molecule has 90 valence electrons. The zero-order chi connectivity index (χ0) is 12.4. The lowest BCUT2D eigenvalue weighted by molar-refractivity contribution is 0.746. The first-order chi connectivity index (χ1) is 8.08. The molecule has 0 atom stereocenters. The minimum absolute atomic E-state index is 0.165. The lowest BCUT2D eigenvalue weighted by Gasteiger charge is -2.04. The van der Waals surface area contributed by atoms with E-state index in [1.54, 1.807) is 11.6 Å². The Morgan fingerprint density at radius 2 is 2.29 bits per heavy atom. The summed E-state index contributed by atoms with van der Waals surface area (Å²) in [6.07, 6.45) is 2.70. The highest BCUT2D eigenvalue weighted by Crippen LogP contribution is 2.17. The first-order valence-corrected chi connectivity index (χ1v) is 5.46. The smallest absolute Gasteiger partial charge is 0.252 e. The van der Waals surface area contributed by atoms with Gasteiger partial charge in [-0.3, -0.25) is 9.48 Å². The molecule has 17 heavy (non-hydrogen) atoms. The van der Waals surface area contributed by atoms with E-state index in [2.05, 4.69) is 20.4 Å². The van der Waals surface area contributed by atoms with E-state index in [0.717, 1.165) is 17.8 Å². The van der Waals surface area contributed by atoms with Crippen molar-refractivity contribution in [1.82, 2.24) is 19.7 Å². The van der Waals surface area contributed by atoms with Gasteiger partial charge in [-0.15, -0.1) is 0 Å². The van der Waals surface area contributed by atoms with Crippen molar-refractivity contribution in [3.05, 3.63) is 34.1 Å². The van der Waals surface area contributed by atoms with E-state index in [0.29, 0.717) is 11.6 Å². The molecule has 2 heterocycles. The Morgan fingerprint density at radius 1 is 1.53 bits per heavy atom. The lowest BCUT2D eigenvalue weighted by atomic mass is 10.3. The van der Waals surface area contributed by atoms with E-state index < -0.39 is 0 Å². The van der Waals surface area contributed by atoms with Crippen LogP contribution >= 0.6 is 0 Å². The van der Waals surface area contributed by atoms with Gasteiger partial charge in [-0.05, 0) is 13.3 Å². The Kier molecular flexibility index (Phi) is 2.95. The maximum absolute atomic E-state index is 11.3. The summed E-state index contributed by atoms with van der Waals surface area (Å²) in [7, 11) is 1.86. The second-order valence-electron chi connectivity index (χ2n) is 3.86. The van der Waals surface area contributed by atoms with Crippen LogP contribution in [-0.2, 0) is 13.5 Å². The average Bonchev–Trinajstić information content (AvgIpc) is 2.57. The quantitative estimate of drug-likeness (QED) is 0.833. The third-order valence-corrected chi connectivity index (χ3v) is 2.36. The molecule has 2 aromatic rings. The van der Waals surface area contributed by atoms with Crippen LogP contribution in [0, 0.1) is 6.92 Å². The summed E-state index contributed by atoms with van der Waals surface area (Å²) in [5.41, 5.74) is 1.67. The lowest BCUT2D eigenvalue weighted by Crippen LogP contribution is -2.10. The van der Waals surface area contributed by atoms with Crippen LogP contribution in [0.5, 0.6) is 0 Å². The third kappa shape index (κ3) is 2.52. The summed E-state index contributed by atoms with van der Waals surface area (Å²) in [5, 5.41) is 7.42. The van der Waals surface area contributed by atoms with Gasteiger partial charge in [-0.1, -0.05) is 6.92 Å². The van der Waals surface area contributed by atoms with Crippen molar-refractivity contribution >= 4 is 11.5 Å². The monoisotopic (exact) mass is 233 g/mol. The largest absolute Gasteiger partial charge is 0.337 e. The fourth-order valence-corrected chi connectivity index (χ4v) is 1.68. The molecule has 0 fully saturated rings. The molecule has 0 saturated carbocycles. The highest BCUT2D eigenvalue weighted by atomic mass is 16.1. The van der Waals surface area contributed by atoms with Gasteiger partial charge in [0.25, 0.3) is 5.56 Å². The molecule has 6 heteroatoms. The molecule has 0 radical (unpaired) electrons. The molecule has 0 aliphatic heterocycles. The van der Waals surface area contributed by atoms with Crippen LogP contribution in [-0.4, -0.2) is 19.7 Å². The van der Waals surface area contributed by atoms with Gasteiger partial charge in [0.2, 0.25) is 0 Å². The van der Waals surface area contributed by atoms with Gasteiger partial charge in [0.15, 0.2) is 0 Å². The summed E-state index contributed by atoms with van der Waals surface area (Å²) >= 11 is 0. The van der Waals surface area contributed by atoms with Crippen LogP contribution in [0.15, 0.2) is 17.1 Å². The summed E-state index contributed by atoms with van der Waals surface area (Å²) < 4.78 is 1.74. The molecule has 2 aromatic heterocycles. The maximum atomic E-state index is 11.3.